The van der Waals surface area contributed by atoms with Crippen molar-refractivity contribution in [2.45, 2.75) is 45.6 Å². The van der Waals surface area contributed by atoms with Gasteiger partial charge in [-0.2, -0.15) is 0 Å². The van der Waals surface area contributed by atoms with E-state index >= 15 is 0 Å². The topological polar surface area (TPSA) is 24.5 Å². The number of nitrogens with one attached hydrogen (secondary N) is 1. The maximum absolute atomic E-state index is 5.75. The van der Waals surface area contributed by atoms with Gasteiger partial charge in [0.2, 0.25) is 0 Å². The first-order chi connectivity index (χ1) is 10.4. The average Bonchev–Trinajstić information content (AvgIpc) is 2.68. The molecule has 0 saturated carbocycles. The van der Waals surface area contributed by atoms with Gasteiger partial charge in [-0.1, -0.05) is 38.5 Å². The molecule has 0 saturated heterocycles. The van der Waals surface area contributed by atoms with Gasteiger partial charge in [0.05, 0.1) is 6.61 Å². The zero-order valence-corrected chi connectivity index (χ0v) is 13.6. The fourth-order valence-electron chi connectivity index (χ4n) is 3.05. The number of ether oxygens (including phenoxy) is 1. The summed E-state index contributed by atoms with van der Waals surface area (Å²) in [6, 6.07) is 9.34. The van der Waals surface area contributed by atoms with E-state index in [2.05, 4.69) is 48.3 Å². The first-order valence-electron chi connectivity index (χ1n) is 8.51. The molecule has 1 aromatic rings. The lowest BCUT2D eigenvalue weighted by Gasteiger charge is -2.26. The highest BCUT2D eigenvalue weighted by atomic mass is 16.5. The molecule has 118 valence electrons. The van der Waals surface area contributed by atoms with Crippen LogP contribution in [0.3, 0.4) is 0 Å². The molecule has 1 aliphatic rings. The van der Waals surface area contributed by atoms with Crippen LogP contribution in [0, 0.1) is 0 Å². The Bertz CT molecular complexity index is 408. The van der Waals surface area contributed by atoms with E-state index in [9.17, 15) is 0 Å². The summed E-state index contributed by atoms with van der Waals surface area (Å²) in [5.41, 5.74) is 2.84. The molecule has 0 bridgehead atoms. The second kappa shape index (κ2) is 9.06. The smallest absolute Gasteiger partial charge is 0.0641 e. The summed E-state index contributed by atoms with van der Waals surface area (Å²) in [7, 11) is 0. The van der Waals surface area contributed by atoms with E-state index in [1.165, 1.54) is 36.9 Å². The molecule has 1 aliphatic heterocycles. The highest BCUT2D eigenvalue weighted by molar-refractivity contribution is 5.55. The number of unbranched alkanes of at least 4 members (excludes halogenated alkanes) is 1. The average molecular weight is 290 g/mol. The van der Waals surface area contributed by atoms with Gasteiger partial charge in [0, 0.05) is 31.4 Å². The van der Waals surface area contributed by atoms with Gasteiger partial charge in [-0.3, -0.25) is 0 Å². The van der Waals surface area contributed by atoms with Crippen molar-refractivity contribution in [3.63, 3.8) is 0 Å². The summed E-state index contributed by atoms with van der Waals surface area (Å²) in [6.07, 6.45) is 4.83. The quantitative estimate of drug-likeness (QED) is 0.738. The highest BCUT2D eigenvalue weighted by Gasteiger charge is 2.21. The zero-order valence-electron chi connectivity index (χ0n) is 13.6. The number of rotatable bonds is 8. The lowest BCUT2D eigenvalue weighted by molar-refractivity contribution is 0.137. The molecule has 21 heavy (non-hydrogen) atoms. The maximum atomic E-state index is 5.75. The lowest BCUT2D eigenvalue weighted by atomic mass is 10.0. The Labute approximate surface area is 129 Å². The van der Waals surface area contributed by atoms with E-state index in [-0.39, 0.29) is 0 Å². The van der Waals surface area contributed by atoms with Crippen LogP contribution in [-0.2, 0) is 4.74 Å². The van der Waals surface area contributed by atoms with Crippen molar-refractivity contribution in [1.29, 1.82) is 0 Å². The van der Waals surface area contributed by atoms with E-state index in [1.807, 2.05) is 0 Å². The molecular weight excluding hydrogens is 260 g/mol. The van der Waals surface area contributed by atoms with Crippen LogP contribution in [0.2, 0.25) is 0 Å². The van der Waals surface area contributed by atoms with Crippen LogP contribution in [0.1, 0.15) is 51.1 Å². The molecule has 0 radical (unpaired) electrons. The Morgan fingerprint density at radius 2 is 2.10 bits per heavy atom. The highest BCUT2D eigenvalue weighted by Crippen LogP contribution is 2.32. The second-order valence-electron chi connectivity index (χ2n) is 5.76. The van der Waals surface area contributed by atoms with Gasteiger partial charge >= 0.3 is 0 Å². The molecule has 2 rings (SSSR count). The monoisotopic (exact) mass is 290 g/mol. The Balaban J connectivity index is 1.99. The van der Waals surface area contributed by atoms with Crippen LogP contribution >= 0.6 is 0 Å². The number of fused-ring (bicyclic) bond motifs is 1. The molecule has 1 aromatic carbocycles. The molecule has 1 N–H and O–H groups in total. The van der Waals surface area contributed by atoms with E-state index in [4.69, 9.17) is 4.74 Å². The fourth-order valence-corrected chi connectivity index (χ4v) is 3.05. The molecule has 1 atom stereocenters. The largest absolute Gasteiger partial charge is 0.380 e. The first-order valence-corrected chi connectivity index (χ1v) is 8.51. The standard InChI is InChI=1S/C18H30N2O/c1-3-5-14-21-15-13-20-12-8-10-17(19-4-2)16-9-6-7-11-18(16)20/h6-7,9,11,17,19H,3-5,8,10,12-15H2,1-2H3. The third-order valence-corrected chi connectivity index (χ3v) is 4.17. The van der Waals surface area contributed by atoms with Crippen molar-refractivity contribution < 1.29 is 4.74 Å². The second-order valence-corrected chi connectivity index (χ2v) is 5.76. The number of benzene rings is 1. The minimum atomic E-state index is 0.497. The molecular formula is C18H30N2O. The summed E-state index contributed by atoms with van der Waals surface area (Å²) in [4.78, 5) is 2.50. The van der Waals surface area contributed by atoms with E-state index in [0.717, 1.165) is 32.8 Å². The van der Waals surface area contributed by atoms with Gasteiger partial charge in [0.15, 0.2) is 0 Å². The molecule has 1 heterocycles. The third kappa shape index (κ3) is 4.72. The van der Waals surface area contributed by atoms with Crippen LogP contribution in [0.4, 0.5) is 5.69 Å². The fraction of sp³-hybridized carbons (Fsp3) is 0.667. The van der Waals surface area contributed by atoms with Crippen molar-refractivity contribution in [3.8, 4) is 0 Å². The van der Waals surface area contributed by atoms with Gasteiger partial charge in [-0.05, 0) is 37.4 Å². The van der Waals surface area contributed by atoms with Gasteiger partial charge in [-0.15, -0.1) is 0 Å². The summed E-state index contributed by atoms with van der Waals surface area (Å²) in [6.45, 7) is 9.28. The number of nitrogens with zero attached hydrogens (tertiary/aromatic N) is 1. The van der Waals surface area contributed by atoms with E-state index < -0.39 is 0 Å². The van der Waals surface area contributed by atoms with E-state index in [1.54, 1.807) is 0 Å². The van der Waals surface area contributed by atoms with Crippen molar-refractivity contribution >= 4 is 5.69 Å². The van der Waals surface area contributed by atoms with Gasteiger partial charge in [-0.25, -0.2) is 0 Å². The molecule has 3 heteroatoms. The SMILES string of the molecule is CCCCOCCN1CCCC(NCC)c2ccccc21. The molecule has 0 spiro atoms. The maximum Gasteiger partial charge on any atom is 0.0641 e. The summed E-state index contributed by atoms with van der Waals surface area (Å²) in [5.74, 6) is 0. The number of para-hydroxylation sites is 1. The van der Waals surface area contributed by atoms with Gasteiger partial charge < -0.3 is 15.0 Å². The van der Waals surface area contributed by atoms with Crippen LogP contribution in [0.15, 0.2) is 24.3 Å². The minimum absolute atomic E-state index is 0.497. The molecule has 3 nitrogen and oxygen atoms in total. The Morgan fingerprint density at radius 3 is 2.90 bits per heavy atom. The summed E-state index contributed by atoms with van der Waals surface area (Å²) in [5, 5.41) is 3.63. The van der Waals surface area contributed by atoms with Gasteiger partial charge in [0.25, 0.3) is 0 Å². The Morgan fingerprint density at radius 1 is 1.24 bits per heavy atom. The van der Waals surface area contributed by atoms with Crippen LogP contribution in [0.25, 0.3) is 0 Å². The number of hydrogen-bond donors (Lipinski definition) is 1. The zero-order chi connectivity index (χ0) is 14.9. The molecule has 1 unspecified atom stereocenters. The van der Waals surface area contributed by atoms with Crippen LogP contribution in [-0.4, -0.2) is 32.8 Å². The van der Waals surface area contributed by atoms with Crippen LogP contribution < -0.4 is 10.2 Å². The molecule has 0 fully saturated rings. The molecule has 0 amide bonds. The molecule has 0 aliphatic carbocycles. The normalized spacial score (nSPS) is 18.4. The summed E-state index contributed by atoms with van der Waals surface area (Å²) < 4.78 is 5.75. The molecule has 0 aromatic heterocycles. The Kier molecular flexibility index (Phi) is 7.04. The van der Waals surface area contributed by atoms with Crippen molar-refractivity contribution in [2.75, 3.05) is 37.7 Å². The first kappa shape index (κ1) is 16.3. The number of anilines is 1. The minimum Gasteiger partial charge on any atom is -0.380 e. The van der Waals surface area contributed by atoms with Crippen LogP contribution in [0.5, 0.6) is 0 Å². The van der Waals surface area contributed by atoms with Crippen molar-refractivity contribution in [3.05, 3.63) is 29.8 Å². The third-order valence-electron chi connectivity index (χ3n) is 4.17. The van der Waals surface area contributed by atoms with E-state index in [0.29, 0.717) is 6.04 Å². The number of hydrogen-bond acceptors (Lipinski definition) is 3. The Hall–Kier alpha value is -1.06. The summed E-state index contributed by atoms with van der Waals surface area (Å²) >= 11 is 0. The van der Waals surface area contributed by atoms with Crippen molar-refractivity contribution in [1.82, 2.24) is 5.32 Å². The predicted molar refractivity (Wildman–Crippen MR) is 90.0 cm³/mol. The lowest BCUT2D eigenvalue weighted by Crippen LogP contribution is -2.28. The predicted octanol–water partition coefficient (Wildman–Crippen LogP) is 3.75. The van der Waals surface area contributed by atoms with Gasteiger partial charge in [0.1, 0.15) is 0 Å². The van der Waals surface area contributed by atoms with Crippen molar-refractivity contribution in [2.24, 2.45) is 0 Å².